The number of fused-ring (bicyclic) bond motifs is 1. The van der Waals surface area contributed by atoms with Gasteiger partial charge >= 0.3 is 0 Å². The van der Waals surface area contributed by atoms with Gasteiger partial charge in [-0.3, -0.25) is 19.2 Å². The molecule has 3 aromatic rings. The minimum Gasteiger partial charge on any atom is -0.351 e. The monoisotopic (exact) mass is 448 g/mol. The number of carbonyl (C=O) groups excluding carboxylic acids is 2. The molecule has 1 atom stereocenters. The minimum atomic E-state index is -1.07. The molecule has 0 spiro atoms. The lowest BCUT2D eigenvalue weighted by Crippen LogP contribution is -2.65. The summed E-state index contributed by atoms with van der Waals surface area (Å²) in [4.78, 5) is 30.1. The highest BCUT2D eigenvalue weighted by molar-refractivity contribution is 7.13. The molecule has 32 heavy (non-hydrogen) atoms. The number of carbonyl (C=O) groups is 2. The SMILES string of the molecule is CCc1ccc(N2C(=O)c3cc(-c4cccs4)nn3C[C@]2(C)C(=O)NC2CCCC2)cc1. The molecule has 7 heteroatoms. The fourth-order valence-corrected chi connectivity index (χ4v) is 5.50. The maximum absolute atomic E-state index is 13.8. The molecule has 1 aliphatic carbocycles. The number of thiophene rings is 1. The summed E-state index contributed by atoms with van der Waals surface area (Å²) in [6.07, 6.45) is 5.18. The number of benzene rings is 1. The smallest absolute Gasteiger partial charge is 0.277 e. The van der Waals surface area contributed by atoms with Crippen molar-refractivity contribution in [2.45, 2.75) is 64.1 Å². The molecule has 1 fully saturated rings. The molecule has 6 nitrogen and oxygen atoms in total. The van der Waals surface area contributed by atoms with Gasteiger partial charge in [0.1, 0.15) is 16.9 Å². The third kappa shape index (κ3) is 3.54. The number of rotatable bonds is 5. The van der Waals surface area contributed by atoms with Crippen LogP contribution in [0.2, 0.25) is 0 Å². The van der Waals surface area contributed by atoms with Crippen LogP contribution < -0.4 is 10.2 Å². The molecular formula is C25H28N4O2S. The molecule has 1 saturated carbocycles. The molecule has 0 saturated heterocycles. The predicted octanol–water partition coefficient (Wildman–Crippen LogP) is 4.65. The van der Waals surface area contributed by atoms with Crippen LogP contribution in [0.5, 0.6) is 0 Å². The summed E-state index contributed by atoms with van der Waals surface area (Å²) < 4.78 is 1.71. The maximum atomic E-state index is 13.8. The van der Waals surface area contributed by atoms with Crippen molar-refractivity contribution >= 4 is 28.8 Å². The van der Waals surface area contributed by atoms with Gasteiger partial charge in [0.05, 0.1) is 11.4 Å². The molecular weight excluding hydrogens is 420 g/mol. The van der Waals surface area contributed by atoms with E-state index in [0.29, 0.717) is 12.2 Å². The van der Waals surface area contributed by atoms with E-state index < -0.39 is 5.54 Å². The van der Waals surface area contributed by atoms with Crippen molar-refractivity contribution in [1.82, 2.24) is 15.1 Å². The number of nitrogens with zero attached hydrogens (tertiary/aromatic N) is 3. The highest BCUT2D eigenvalue weighted by atomic mass is 32.1. The first kappa shape index (κ1) is 20.9. The van der Waals surface area contributed by atoms with E-state index in [1.165, 1.54) is 5.56 Å². The van der Waals surface area contributed by atoms with Gasteiger partial charge in [-0.25, -0.2) is 0 Å². The average molecular weight is 449 g/mol. The standard InChI is InChI=1S/C25H28N4O2S/c1-3-17-10-12-19(13-11-17)29-23(30)21-15-20(22-9-6-14-32-22)27-28(21)16-25(29,2)24(31)26-18-7-4-5-8-18/h6,9-15,18H,3-5,7-8,16H2,1-2H3,(H,26,31)/t25-/m1/s1. The molecule has 0 unspecified atom stereocenters. The van der Waals surface area contributed by atoms with Crippen LogP contribution in [0.1, 0.15) is 55.6 Å². The first-order valence-corrected chi connectivity index (χ1v) is 12.2. The van der Waals surface area contributed by atoms with Crippen LogP contribution in [-0.2, 0) is 17.8 Å². The second-order valence-electron chi connectivity index (χ2n) is 8.94. The van der Waals surface area contributed by atoms with Crippen molar-refractivity contribution in [2.24, 2.45) is 0 Å². The van der Waals surface area contributed by atoms with Crippen LogP contribution in [0, 0.1) is 0 Å². The molecule has 1 N–H and O–H groups in total. The van der Waals surface area contributed by atoms with E-state index in [0.717, 1.165) is 48.4 Å². The first-order valence-electron chi connectivity index (χ1n) is 11.4. The van der Waals surface area contributed by atoms with Gasteiger partial charge in [0.2, 0.25) is 5.91 Å². The van der Waals surface area contributed by atoms with Gasteiger partial charge in [-0.2, -0.15) is 5.10 Å². The van der Waals surface area contributed by atoms with Crippen molar-refractivity contribution < 1.29 is 9.59 Å². The van der Waals surface area contributed by atoms with E-state index in [-0.39, 0.29) is 17.9 Å². The Bertz CT molecular complexity index is 1130. The highest BCUT2D eigenvalue weighted by Crippen LogP contribution is 2.35. The first-order chi connectivity index (χ1) is 15.5. The van der Waals surface area contributed by atoms with Crippen molar-refractivity contribution in [3.63, 3.8) is 0 Å². The molecule has 0 radical (unpaired) electrons. The van der Waals surface area contributed by atoms with Crippen LogP contribution in [0.25, 0.3) is 10.6 Å². The summed E-state index contributed by atoms with van der Waals surface area (Å²) in [7, 11) is 0. The van der Waals surface area contributed by atoms with E-state index in [9.17, 15) is 9.59 Å². The van der Waals surface area contributed by atoms with E-state index in [4.69, 9.17) is 5.10 Å². The van der Waals surface area contributed by atoms with E-state index in [1.807, 2.05) is 54.8 Å². The quantitative estimate of drug-likeness (QED) is 0.618. The second kappa shape index (κ2) is 8.20. The number of nitrogens with one attached hydrogen (secondary N) is 1. The Morgan fingerprint density at radius 3 is 2.62 bits per heavy atom. The van der Waals surface area contributed by atoms with Crippen LogP contribution in [-0.4, -0.2) is 33.2 Å². The van der Waals surface area contributed by atoms with Crippen molar-refractivity contribution in [2.75, 3.05) is 4.90 Å². The third-order valence-corrected chi connectivity index (χ3v) is 7.60. The number of aryl methyl sites for hydroxylation is 1. The lowest BCUT2D eigenvalue weighted by Gasteiger charge is -2.43. The lowest BCUT2D eigenvalue weighted by atomic mass is 9.93. The topological polar surface area (TPSA) is 67.2 Å². The molecule has 1 aromatic carbocycles. The molecule has 3 heterocycles. The molecule has 2 aliphatic rings. The van der Waals surface area contributed by atoms with Crippen LogP contribution in [0.4, 0.5) is 5.69 Å². The van der Waals surface area contributed by atoms with Gasteiger partial charge in [0.25, 0.3) is 5.91 Å². The van der Waals surface area contributed by atoms with Crippen molar-refractivity contribution in [1.29, 1.82) is 0 Å². The lowest BCUT2D eigenvalue weighted by molar-refractivity contribution is -0.127. The zero-order valence-corrected chi connectivity index (χ0v) is 19.3. The number of amides is 2. The Hall–Kier alpha value is -2.93. The summed E-state index contributed by atoms with van der Waals surface area (Å²) in [5.41, 5.74) is 2.14. The molecule has 1 aliphatic heterocycles. The minimum absolute atomic E-state index is 0.115. The fourth-order valence-electron chi connectivity index (χ4n) is 4.82. The molecule has 2 amide bonds. The van der Waals surface area contributed by atoms with Crippen molar-refractivity contribution in [3.05, 3.63) is 59.1 Å². The Balaban J connectivity index is 1.57. The van der Waals surface area contributed by atoms with Gasteiger partial charge < -0.3 is 5.32 Å². The van der Waals surface area contributed by atoms with E-state index >= 15 is 0 Å². The predicted molar refractivity (Wildman–Crippen MR) is 127 cm³/mol. The number of anilines is 1. The average Bonchev–Trinajstić information content (AvgIpc) is 3.55. The Morgan fingerprint density at radius 2 is 1.97 bits per heavy atom. The van der Waals surface area contributed by atoms with Crippen LogP contribution in [0.15, 0.2) is 47.8 Å². The largest absolute Gasteiger partial charge is 0.351 e. The van der Waals surface area contributed by atoms with Gasteiger partial charge in [0, 0.05) is 11.7 Å². The van der Waals surface area contributed by atoms with Gasteiger partial charge in [-0.15, -0.1) is 11.3 Å². The highest BCUT2D eigenvalue weighted by Gasteiger charge is 2.49. The molecule has 5 rings (SSSR count). The van der Waals surface area contributed by atoms with Crippen LogP contribution >= 0.6 is 11.3 Å². The Morgan fingerprint density at radius 1 is 1.22 bits per heavy atom. The normalized spacial score (nSPS) is 21.1. The van der Waals surface area contributed by atoms with Gasteiger partial charge in [-0.05, 0) is 61.4 Å². The van der Waals surface area contributed by atoms with Gasteiger partial charge in [-0.1, -0.05) is 38.0 Å². The fraction of sp³-hybridized carbons (Fsp3) is 0.400. The summed E-state index contributed by atoms with van der Waals surface area (Å²) in [6, 6.07) is 13.9. The third-order valence-electron chi connectivity index (χ3n) is 6.71. The van der Waals surface area contributed by atoms with Gasteiger partial charge in [0.15, 0.2) is 0 Å². The molecule has 2 aromatic heterocycles. The maximum Gasteiger partial charge on any atom is 0.277 e. The Labute approximate surface area is 192 Å². The summed E-state index contributed by atoms with van der Waals surface area (Å²) >= 11 is 1.59. The van der Waals surface area contributed by atoms with Crippen LogP contribution in [0.3, 0.4) is 0 Å². The zero-order chi connectivity index (χ0) is 22.3. The van der Waals surface area contributed by atoms with Crippen molar-refractivity contribution in [3.8, 4) is 10.6 Å². The molecule has 166 valence electrons. The Kier molecular flexibility index (Phi) is 5.37. The number of aromatic nitrogens is 2. The zero-order valence-electron chi connectivity index (χ0n) is 18.5. The van der Waals surface area contributed by atoms with E-state index in [1.54, 1.807) is 20.9 Å². The number of hydrogen-bond acceptors (Lipinski definition) is 4. The summed E-state index contributed by atoms with van der Waals surface area (Å²) in [5, 5.41) is 9.93. The molecule has 0 bridgehead atoms. The number of hydrogen-bond donors (Lipinski definition) is 1. The summed E-state index contributed by atoms with van der Waals surface area (Å²) in [6.45, 7) is 4.27. The summed E-state index contributed by atoms with van der Waals surface area (Å²) in [5.74, 6) is -0.309. The van der Waals surface area contributed by atoms with E-state index in [2.05, 4.69) is 12.2 Å². The second-order valence-corrected chi connectivity index (χ2v) is 9.89.